The summed E-state index contributed by atoms with van der Waals surface area (Å²) in [4.78, 5) is 23.7. The number of rotatable bonds is 3. The van der Waals surface area contributed by atoms with E-state index in [9.17, 15) is 4.79 Å². The van der Waals surface area contributed by atoms with Crippen LogP contribution < -0.4 is 5.32 Å². The number of piperidine rings is 1. The minimum atomic E-state index is 0.140. The van der Waals surface area contributed by atoms with E-state index in [0.29, 0.717) is 17.8 Å². The summed E-state index contributed by atoms with van der Waals surface area (Å²) in [5, 5.41) is 7.46. The van der Waals surface area contributed by atoms with Crippen LogP contribution in [0.2, 0.25) is 0 Å². The molecule has 3 atom stereocenters. The Morgan fingerprint density at radius 1 is 1.04 bits per heavy atom. The van der Waals surface area contributed by atoms with Gasteiger partial charge in [0.1, 0.15) is 0 Å². The highest BCUT2D eigenvalue weighted by atomic mass is 16.5. The molecular weight excluding hydrogens is 354 g/mol. The molecule has 3 fully saturated rings. The van der Waals surface area contributed by atoms with Crippen molar-refractivity contribution in [2.24, 2.45) is 0 Å². The van der Waals surface area contributed by atoms with Gasteiger partial charge >= 0.3 is 6.03 Å². The molecule has 1 saturated carbocycles. The van der Waals surface area contributed by atoms with Gasteiger partial charge < -0.3 is 14.7 Å². The van der Waals surface area contributed by atoms with E-state index >= 15 is 0 Å². The molecule has 2 aromatic heterocycles. The minimum absolute atomic E-state index is 0.140. The fourth-order valence-electron chi connectivity index (χ4n) is 5.23. The number of fused-ring (bicyclic) bond motifs is 2. The smallest absolute Gasteiger partial charge is 0.318 e. The van der Waals surface area contributed by atoms with Crippen LogP contribution >= 0.6 is 0 Å². The average molecular weight is 381 g/mol. The molecular formula is C21H27N5O2. The van der Waals surface area contributed by atoms with Crippen LogP contribution in [0, 0.1) is 0 Å². The topological polar surface area (TPSA) is 84.2 Å². The fraction of sp³-hybridized carbons (Fsp3) is 0.619. The number of amides is 2. The quantitative estimate of drug-likeness (QED) is 0.872. The highest BCUT2D eigenvalue weighted by molar-refractivity contribution is 5.76. The van der Waals surface area contributed by atoms with E-state index in [1.807, 2.05) is 12.1 Å². The van der Waals surface area contributed by atoms with Crippen LogP contribution in [-0.4, -0.2) is 44.2 Å². The average Bonchev–Trinajstić information content (AvgIpc) is 3.32. The predicted molar refractivity (Wildman–Crippen MR) is 104 cm³/mol. The van der Waals surface area contributed by atoms with Crippen molar-refractivity contribution < 1.29 is 9.32 Å². The van der Waals surface area contributed by atoms with Gasteiger partial charge in [-0.3, -0.25) is 4.98 Å². The molecule has 2 aromatic rings. The molecule has 28 heavy (non-hydrogen) atoms. The van der Waals surface area contributed by atoms with Gasteiger partial charge in [-0.05, 0) is 50.7 Å². The van der Waals surface area contributed by atoms with Crippen molar-refractivity contribution in [3.63, 3.8) is 0 Å². The number of carbonyl (C=O) groups excluding carboxylic acids is 1. The standard InChI is InChI=1S/C21H27N5O2/c27-21(23-16-4-2-1-3-5-16)26-17-6-7-18(26)13-15(12-17)20-24-19(25-28-20)14-8-10-22-11-9-14/h8-11,15-18H,1-7,12-13H2,(H,23,27)/t15?,17-,18+. The number of aromatic nitrogens is 3. The minimum Gasteiger partial charge on any atom is -0.339 e. The largest absolute Gasteiger partial charge is 0.339 e. The van der Waals surface area contributed by atoms with Crippen LogP contribution in [0.1, 0.15) is 69.6 Å². The van der Waals surface area contributed by atoms with Crippen LogP contribution in [-0.2, 0) is 0 Å². The van der Waals surface area contributed by atoms with Crippen molar-refractivity contribution in [1.29, 1.82) is 0 Å². The Labute approximate surface area is 164 Å². The molecule has 0 aromatic carbocycles. The molecule has 148 valence electrons. The van der Waals surface area contributed by atoms with Crippen LogP contribution in [0.3, 0.4) is 0 Å². The lowest BCUT2D eigenvalue weighted by Gasteiger charge is -2.39. The molecule has 0 radical (unpaired) electrons. The molecule has 4 heterocycles. The van der Waals surface area contributed by atoms with Crippen LogP contribution in [0.25, 0.3) is 11.4 Å². The maximum absolute atomic E-state index is 12.9. The van der Waals surface area contributed by atoms with Gasteiger partial charge in [0, 0.05) is 42.0 Å². The Kier molecular flexibility index (Phi) is 4.74. The number of nitrogens with one attached hydrogen (secondary N) is 1. The summed E-state index contributed by atoms with van der Waals surface area (Å²) in [6, 6.07) is 4.83. The van der Waals surface area contributed by atoms with E-state index < -0.39 is 0 Å². The van der Waals surface area contributed by atoms with E-state index in [-0.39, 0.29) is 24.0 Å². The Morgan fingerprint density at radius 3 is 2.46 bits per heavy atom. The number of hydrogen-bond acceptors (Lipinski definition) is 5. The summed E-state index contributed by atoms with van der Waals surface area (Å²) in [5.74, 6) is 1.55. The number of urea groups is 1. The fourth-order valence-corrected chi connectivity index (χ4v) is 5.23. The third-order valence-electron chi connectivity index (χ3n) is 6.63. The summed E-state index contributed by atoms with van der Waals surface area (Å²) < 4.78 is 5.60. The monoisotopic (exact) mass is 381 g/mol. The summed E-state index contributed by atoms with van der Waals surface area (Å²) in [5.41, 5.74) is 0.914. The normalized spacial score (nSPS) is 27.7. The molecule has 2 aliphatic heterocycles. The van der Waals surface area contributed by atoms with E-state index in [4.69, 9.17) is 4.52 Å². The zero-order valence-electron chi connectivity index (χ0n) is 16.1. The van der Waals surface area contributed by atoms with Crippen molar-refractivity contribution in [3.05, 3.63) is 30.4 Å². The number of hydrogen-bond donors (Lipinski definition) is 1. The van der Waals surface area contributed by atoms with Crippen LogP contribution in [0.15, 0.2) is 29.0 Å². The molecule has 1 N–H and O–H groups in total. The molecule has 5 rings (SSSR count). The molecule has 2 saturated heterocycles. The van der Waals surface area contributed by atoms with Gasteiger partial charge in [-0.1, -0.05) is 24.4 Å². The Hall–Kier alpha value is -2.44. The molecule has 0 spiro atoms. The van der Waals surface area contributed by atoms with E-state index in [0.717, 1.165) is 44.1 Å². The summed E-state index contributed by atoms with van der Waals surface area (Å²) >= 11 is 0. The molecule has 7 nitrogen and oxygen atoms in total. The first-order chi connectivity index (χ1) is 13.8. The third-order valence-corrected chi connectivity index (χ3v) is 6.63. The lowest BCUT2D eigenvalue weighted by atomic mass is 9.90. The van der Waals surface area contributed by atoms with Gasteiger partial charge in [0.25, 0.3) is 0 Å². The molecule has 2 bridgehead atoms. The third kappa shape index (κ3) is 3.38. The molecule has 3 aliphatic rings. The summed E-state index contributed by atoms with van der Waals surface area (Å²) in [6.07, 6.45) is 13.4. The van der Waals surface area contributed by atoms with E-state index in [1.165, 1.54) is 19.3 Å². The zero-order chi connectivity index (χ0) is 18.9. The Balaban J connectivity index is 1.25. The summed E-state index contributed by atoms with van der Waals surface area (Å²) in [7, 11) is 0. The van der Waals surface area contributed by atoms with E-state index in [1.54, 1.807) is 12.4 Å². The van der Waals surface area contributed by atoms with Gasteiger partial charge in [-0.2, -0.15) is 4.98 Å². The first kappa shape index (κ1) is 17.6. The van der Waals surface area contributed by atoms with Crippen molar-refractivity contribution in [1.82, 2.24) is 25.3 Å². The Bertz CT molecular complexity index is 803. The van der Waals surface area contributed by atoms with Crippen molar-refractivity contribution in [3.8, 4) is 11.4 Å². The van der Waals surface area contributed by atoms with E-state index in [2.05, 4.69) is 25.3 Å². The first-order valence-electron chi connectivity index (χ1n) is 10.6. The first-order valence-corrected chi connectivity index (χ1v) is 10.6. The maximum atomic E-state index is 12.9. The zero-order valence-corrected chi connectivity index (χ0v) is 16.1. The second kappa shape index (κ2) is 7.53. The van der Waals surface area contributed by atoms with Gasteiger partial charge in [-0.25, -0.2) is 4.79 Å². The van der Waals surface area contributed by atoms with Crippen LogP contribution in [0.4, 0.5) is 4.79 Å². The lowest BCUT2D eigenvalue weighted by Crippen LogP contribution is -2.53. The maximum Gasteiger partial charge on any atom is 0.318 e. The van der Waals surface area contributed by atoms with Crippen molar-refractivity contribution in [2.45, 2.75) is 81.8 Å². The predicted octanol–water partition coefficient (Wildman–Crippen LogP) is 3.88. The molecule has 1 aliphatic carbocycles. The van der Waals surface area contributed by atoms with Gasteiger partial charge in [-0.15, -0.1) is 0 Å². The highest BCUT2D eigenvalue weighted by Gasteiger charge is 2.45. The number of pyridine rings is 1. The number of carbonyl (C=O) groups is 1. The Morgan fingerprint density at radius 2 is 1.75 bits per heavy atom. The van der Waals surface area contributed by atoms with Gasteiger partial charge in [0.15, 0.2) is 0 Å². The second-order valence-electron chi connectivity index (χ2n) is 8.44. The summed E-state index contributed by atoms with van der Waals surface area (Å²) in [6.45, 7) is 0. The number of nitrogens with zero attached hydrogens (tertiary/aromatic N) is 4. The molecule has 2 amide bonds. The van der Waals surface area contributed by atoms with Crippen LogP contribution in [0.5, 0.6) is 0 Å². The van der Waals surface area contributed by atoms with Gasteiger partial charge in [0.05, 0.1) is 0 Å². The SMILES string of the molecule is O=C(NC1CCCCC1)N1[C@@H]2CC[C@H]1CC(c1nc(-c3ccncc3)no1)C2. The molecule has 1 unspecified atom stereocenters. The lowest BCUT2D eigenvalue weighted by molar-refractivity contribution is 0.126. The molecule has 7 heteroatoms. The highest BCUT2D eigenvalue weighted by Crippen LogP contribution is 2.43. The van der Waals surface area contributed by atoms with Gasteiger partial charge in [0.2, 0.25) is 11.7 Å². The van der Waals surface area contributed by atoms with Crippen molar-refractivity contribution >= 4 is 6.03 Å². The second-order valence-corrected chi connectivity index (χ2v) is 8.44. The van der Waals surface area contributed by atoms with Crippen molar-refractivity contribution in [2.75, 3.05) is 0 Å².